The zero-order valence-corrected chi connectivity index (χ0v) is 12.0. The van der Waals surface area contributed by atoms with E-state index in [1.807, 2.05) is 23.1 Å². The van der Waals surface area contributed by atoms with E-state index in [1.54, 1.807) is 12.4 Å². The molecular formula is C14H14BrN3O. The Kier molecular flexibility index (Phi) is 3.46. The van der Waals surface area contributed by atoms with Gasteiger partial charge in [0, 0.05) is 30.3 Å². The lowest BCUT2D eigenvalue weighted by Crippen LogP contribution is -2.38. The van der Waals surface area contributed by atoms with Gasteiger partial charge >= 0.3 is 0 Å². The quantitative estimate of drug-likeness (QED) is 0.759. The molecule has 1 amide bonds. The molecule has 19 heavy (non-hydrogen) atoms. The van der Waals surface area contributed by atoms with Gasteiger partial charge in [0.15, 0.2) is 0 Å². The molecule has 2 heterocycles. The summed E-state index contributed by atoms with van der Waals surface area (Å²) in [6, 6.07) is 5.57. The number of piperidine rings is 1. The number of hydrogen-bond donors (Lipinski definition) is 0. The van der Waals surface area contributed by atoms with E-state index in [1.165, 1.54) is 0 Å². The van der Waals surface area contributed by atoms with Crippen LogP contribution in [0.4, 0.5) is 0 Å². The van der Waals surface area contributed by atoms with Crippen molar-refractivity contribution >= 4 is 32.9 Å². The highest BCUT2D eigenvalue weighted by Gasteiger charge is 2.23. The molecule has 1 aromatic carbocycles. The first-order valence-electron chi connectivity index (χ1n) is 6.39. The van der Waals surface area contributed by atoms with Crippen molar-refractivity contribution in [1.29, 1.82) is 0 Å². The molecular weight excluding hydrogens is 306 g/mol. The summed E-state index contributed by atoms with van der Waals surface area (Å²) in [6.07, 6.45) is 5.28. The first-order chi connectivity index (χ1) is 9.25. The van der Waals surface area contributed by atoms with E-state index in [0.29, 0.717) is 15.9 Å². The largest absolute Gasteiger partial charge is 0.338 e. The van der Waals surface area contributed by atoms with Gasteiger partial charge in [0.05, 0.1) is 11.1 Å². The molecule has 5 heteroatoms. The van der Waals surface area contributed by atoms with Crippen LogP contribution in [0.3, 0.4) is 0 Å². The van der Waals surface area contributed by atoms with Crippen LogP contribution in [0.2, 0.25) is 0 Å². The van der Waals surface area contributed by atoms with E-state index in [0.717, 1.165) is 31.4 Å². The van der Waals surface area contributed by atoms with E-state index in [2.05, 4.69) is 25.9 Å². The Labute approximate surface area is 120 Å². The zero-order valence-electron chi connectivity index (χ0n) is 10.4. The summed E-state index contributed by atoms with van der Waals surface area (Å²) in [4.78, 5) is 23.5. The number of amides is 1. The fourth-order valence-electron chi connectivity index (χ4n) is 2.39. The van der Waals surface area contributed by atoms with E-state index < -0.39 is 0 Å². The van der Waals surface area contributed by atoms with E-state index in [9.17, 15) is 4.79 Å². The minimum atomic E-state index is 0.0606. The number of hydrogen-bond acceptors (Lipinski definition) is 3. The second-order valence-electron chi connectivity index (χ2n) is 4.70. The van der Waals surface area contributed by atoms with Crippen LogP contribution in [-0.4, -0.2) is 38.7 Å². The van der Waals surface area contributed by atoms with Crippen molar-refractivity contribution in [3.05, 3.63) is 36.2 Å². The number of fused-ring (bicyclic) bond motifs is 1. The van der Waals surface area contributed by atoms with Crippen LogP contribution in [0.25, 0.3) is 11.0 Å². The molecule has 0 bridgehead atoms. The molecule has 1 aliphatic rings. The first kappa shape index (κ1) is 12.5. The molecule has 0 spiro atoms. The highest BCUT2D eigenvalue weighted by molar-refractivity contribution is 9.09. The lowest BCUT2D eigenvalue weighted by molar-refractivity contribution is 0.0730. The molecule has 98 valence electrons. The lowest BCUT2D eigenvalue weighted by Gasteiger charge is -2.29. The maximum absolute atomic E-state index is 12.6. The Hall–Kier alpha value is -1.49. The Bertz CT molecular complexity index is 603. The average molecular weight is 320 g/mol. The SMILES string of the molecule is O=C(c1cccc2nccnc12)N1CCC(Br)CC1. The van der Waals surface area contributed by atoms with Gasteiger partial charge in [-0.15, -0.1) is 0 Å². The van der Waals surface area contributed by atoms with Gasteiger partial charge in [-0.2, -0.15) is 0 Å². The second-order valence-corrected chi connectivity index (χ2v) is 5.99. The van der Waals surface area contributed by atoms with Gasteiger partial charge in [0.2, 0.25) is 0 Å². The molecule has 0 atom stereocenters. The number of benzene rings is 1. The molecule has 0 radical (unpaired) electrons. The van der Waals surface area contributed by atoms with Crippen LogP contribution in [-0.2, 0) is 0 Å². The summed E-state index contributed by atoms with van der Waals surface area (Å²) < 4.78 is 0. The maximum atomic E-state index is 12.6. The maximum Gasteiger partial charge on any atom is 0.256 e. The molecule has 1 saturated heterocycles. The zero-order chi connectivity index (χ0) is 13.2. The molecule has 0 unspecified atom stereocenters. The number of halogens is 1. The molecule has 1 fully saturated rings. The van der Waals surface area contributed by atoms with Gasteiger partial charge in [-0.3, -0.25) is 14.8 Å². The van der Waals surface area contributed by atoms with Gasteiger partial charge in [-0.1, -0.05) is 22.0 Å². The third kappa shape index (κ3) is 2.47. The number of rotatable bonds is 1. The molecule has 1 aliphatic heterocycles. The summed E-state index contributed by atoms with van der Waals surface area (Å²) in [7, 11) is 0. The first-order valence-corrected chi connectivity index (χ1v) is 7.30. The van der Waals surface area contributed by atoms with Crippen molar-refractivity contribution in [2.45, 2.75) is 17.7 Å². The topological polar surface area (TPSA) is 46.1 Å². The molecule has 0 N–H and O–H groups in total. The van der Waals surface area contributed by atoms with E-state index >= 15 is 0 Å². The molecule has 2 aromatic rings. The van der Waals surface area contributed by atoms with Gasteiger partial charge in [0.25, 0.3) is 5.91 Å². The number of para-hydroxylation sites is 1. The van der Waals surface area contributed by atoms with E-state index in [4.69, 9.17) is 0 Å². The minimum Gasteiger partial charge on any atom is -0.338 e. The number of carbonyl (C=O) groups excluding carboxylic acids is 1. The highest BCUT2D eigenvalue weighted by atomic mass is 79.9. The minimum absolute atomic E-state index is 0.0606. The third-order valence-electron chi connectivity index (χ3n) is 3.44. The molecule has 1 aromatic heterocycles. The predicted octanol–water partition coefficient (Wildman–Crippen LogP) is 2.63. The number of nitrogens with zero attached hydrogens (tertiary/aromatic N) is 3. The summed E-state index contributed by atoms with van der Waals surface area (Å²) in [5.41, 5.74) is 2.11. The van der Waals surface area contributed by atoms with E-state index in [-0.39, 0.29) is 5.91 Å². The highest BCUT2D eigenvalue weighted by Crippen LogP contribution is 2.21. The Balaban J connectivity index is 1.93. The molecule has 4 nitrogen and oxygen atoms in total. The van der Waals surface area contributed by atoms with Crippen LogP contribution in [0.1, 0.15) is 23.2 Å². The van der Waals surface area contributed by atoms with Crippen molar-refractivity contribution in [2.75, 3.05) is 13.1 Å². The second kappa shape index (κ2) is 5.25. The van der Waals surface area contributed by atoms with Crippen molar-refractivity contribution in [3.8, 4) is 0 Å². The van der Waals surface area contributed by atoms with Crippen molar-refractivity contribution < 1.29 is 4.79 Å². The summed E-state index contributed by atoms with van der Waals surface area (Å²) in [6.45, 7) is 1.59. The van der Waals surface area contributed by atoms with Crippen molar-refractivity contribution in [2.24, 2.45) is 0 Å². The third-order valence-corrected chi connectivity index (χ3v) is 4.36. The summed E-state index contributed by atoms with van der Waals surface area (Å²) in [5, 5.41) is 0. The van der Waals surface area contributed by atoms with Crippen LogP contribution < -0.4 is 0 Å². The van der Waals surface area contributed by atoms with Crippen molar-refractivity contribution in [1.82, 2.24) is 14.9 Å². The predicted molar refractivity (Wildman–Crippen MR) is 77.4 cm³/mol. The summed E-state index contributed by atoms with van der Waals surface area (Å²) in [5.74, 6) is 0.0606. The van der Waals surface area contributed by atoms with Crippen LogP contribution in [0, 0.1) is 0 Å². The Morgan fingerprint density at radius 3 is 2.74 bits per heavy atom. The fourth-order valence-corrected chi connectivity index (χ4v) is 2.80. The standard InChI is InChI=1S/C14H14BrN3O/c15-10-4-8-18(9-5-10)14(19)11-2-1-3-12-13(11)17-7-6-16-12/h1-3,6-7,10H,4-5,8-9H2. The number of carbonyl (C=O) groups is 1. The van der Waals surface area contributed by atoms with Crippen LogP contribution in [0.5, 0.6) is 0 Å². The van der Waals surface area contributed by atoms with Gasteiger partial charge < -0.3 is 4.90 Å². The van der Waals surface area contributed by atoms with Crippen LogP contribution in [0.15, 0.2) is 30.6 Å². The van der Waals surface area contributed by atoms with Gasteiger partial charge in [-0.25, -0.2) is 0 Å². The average Bonchev–Trinajstić information content (AvgIpc) is 2.47. The number of aromatic nitrogens is 2. The number of alkyl halides is 1. The van der Waals surface area contributed by atoms with Gasteiger partial charge in [-0.05, 0) is 25.0 Å². The lowest BCUT2D eigenvalue weighted by atomic mass is 10.1. The molecule has 0 saturated carbocycles. The Morgan fingerprint density at radius 1 is 1.21 bits per heavy atom. The smallest absolute Gasteiger partial charge is 0.256 e. The van der Waals surface area contributed by atoms with Crippen molar-refractivity contribution in [3.63, 3.8) is 0 Å². The fraction of sp³-hybridized carbons (Fsp3) is 0.357. The monoisotopic (exact) mass is 319 g/mol. The summed E-state index contributed by atoms with van der Waals surface area (Å²) >= 11 is 3.60. The normalized spacial score (nSPS) is 16.8. The molecule has 3 rings (SSSR count). The molecule has 0 aliphatic carbocycles. The van der Waals surface area contributed by atoms with Gasteiger partial charge in [0.1, 0.15) is 5.52 Å². The Morgan fingerprint density at radius 2 is 1.95 bits per heavy atom. The van der Waals surface area contributed by atoms with Crippen LogP contribution >= 0.6 is 15.9 Å². The number of likely N-dealkylation sites (tertiary alicyclic amines) is 1.